The molecule has 0 saturated heterocycles. The van der Waals surface area contributed by atoms with Crippen molar-refractivity contribution in [3.63, 3.8) is 0 Å². The summed E-state index contributed by atoms with van der Waals surface area (Å²) in [6, 6.07) is 9.05. The number of sulfonamides is 1. The highest BCUT2D eigenvalue weighted by molar-refractivity contribution is 7.92. The molecule has 2 aromatic carbocycles. The van der Waals surface area contributed by atoms with Crippen LogP contribution in [-0.4, -0.2) is 13.5 Å². The second kappa shape index (κ2) is 5.42. The topological polar surface area (TPSA) is 90.2 Å². The lowest BCUT2D eigenvalue weighted by atomic mass is 10.2. The first-order valence-corrected chi connectivity index (χ1v) is 7.34. The van der Waals surface area contributed by atoms with Gasteiger partial charge in [0.25, 0.3) is 10.0 Å². The molecule has 108 valence electrons. The van der Waals surface area contributed by atoms with E-state index in [1.165, 1.54) is 18.2 Å². The predicted molar refractivity (Wildman–Crippen MR) is 74.8 cm³/mol. The van der Waals surface area contributed by atoms with Crippen LogP contribution in [0.15, 0.2) is 41.3 Å². The number of nitriles is 1. The number of aromatic hydroxyl groups is 1. The molecule has 5 nitrogen and oxygen atoms in total. The van der Waals surface area contributed by atoms with Crippen molar-refractivity contribution in [1.29, 1.82) is 5.26 Å². The molecule has 2 rings (SSSR count). The van der Waals surface area contributed by atoms with E-state index in [1.54, 1.807) is 6.92 Å². The van der Waals surface area contributed by atoms with E-state index < -0.39 is 21.6 Å². The van der Waals surface area contributed by atoms with Crippen LogP contribution in [0.5, 0.6) is 5.75 Å². The summed E-state index contributed by atoms with van der Waals surface area (Å²) in [5.74, 6) is -1.20. The Hall–Kier alpha value is -2.59. The van der Waals surface area contributed by atoms with Crippen LogP contribution < -0.4 is 4.72 Å². The molecule has 2 aromatic rings. The van der Waals surface area contributed by atoms with Crippen LogP contribution in [0, 0.1) is 24.1 Å². The number of rotatable bonds is 3. The number of benzene rings is 2. The number of nitrogens with one attached hydrogen (secondary N) is 1. The highest BCUT2D eigenvalue weighted by atomic mass is 32.2. The normalized spacial score (nSPS) is 10.9. The molecule has 0 heterocycles. The Morgan fingerprint density at radius 3 is 2.57 bits per heavy atom. The predicted octanol–water partition coefficient (Wildman–Crippen LogP) is 2.51. The molecule has 0 radical (unpaired) electrons. The van der Waals surface area contributed by atoms with E-state index in [9.17, 15) is 17.9 Å². The summed E-state index contributed by atoms with van der Waals surface area (Å²) in [6.45, 7) is 1.58. The van der Waals surface area contributed by atoms with Crippen LogP contribution >= 0.6 is 0 Å². The second-order valence-corrected chi connectivity index (χ2v) is 6.01. The average Bonchev–Trinajstić information content (AvgIpc) is 2.42. The Bertz CT molecular complexity index is 842. The fraction of sp³-hybridized carbons (Fsp3) is 0.0714. The van der Waals surface area contributed by atoms with E-state index in [2.05, 4.69) is 4.72 Å². The number of hydrogen-bond donors (Lipinski definition) is 2. The van der Waals surface area contributed by atoms with Crippen molar-refractivity contribution < 1.29 is 17.9 Å². The second-order valence-electron chi connectivity index (χ2n) is 4.36. The molecule has 0 aromatic heterocycles. The maximum atomic E-state index is 12.9. The Kier molecular flexibility index (Phi) is 3.82. The van der Waals surface area contributed by atoms with Gasteiger partial charge in [-0.1, -0.05) is 6.07 Å². The summed E-state index contributed by atoms with van der Waals surface area (Å²) >= 11 is 0. The van der Waals surface area contributed by atoms with Gasteiger partial charge < -0.3 is 5.11 Å². The van der Waals surface area contributed by atoms with Crippen molar-refractivity contribution in [1.82, 2.24) is 0 Å². The smallest absolute Gasteiger partial charge is 0.262 e. The lowest BCUT2D eigenvalue weighted by Gasteiger charge is -2.11. The number of hydrogen-bond acceptors (Lipinski definition) is 4. The van der Waals surface area contributed by atoms with E-state index in [1.807, 2.05) is 6.07 Å². The molecule has 0 atom stereocenters. The molecular formula is C14H11FN2O3S. The van der Waals surface area contributed by atoms with Crippen LogP contribution in [0.2, 0.25) is 0 Å². The highest BCUT2D eigenvalue weighted by Crippen LogP contribution is 2.27. The van der Waals surface area contributed by atoms with E-state index in [0.29, 0.717) is 5.56 Å². The zero-order chi connectivity index (χ0) is 15.6. The quantitative estimate of drug-likeness (QED) is 0.853. The monoisotopic (exact) mass is 306 g/mol. The van der Waals surface area contributed by atoms with Gasteiger partial charge in [0.15, 0.2) is 0 Å². The molecule has 0 bridgehead atoms. The first-order valence-electron chi connectivity index (χ1n) is 5.85. The molecule has 7 heteroatoms. The zero-order valence-corrected chi connectivity index (χ0v) is 11.8. The molecule has 0 unspecified atom stereocenters. The molecule has 0 aliphatic heterocycles. The number of phenolic OH excluding ortho intramolecular Hbond substituents is 1. The summed E-state index contributed by atoms with van der Waals surface area (Å²) in [5.41, 5.74) is 0.505. The molecule has 21 heavy (non-hydrogen) atoms. The van der Waals surface area contributed by atoms with Crippen LogP contribution in [-0.2, 0) is 10.0 Å². The number of aryl methyl sites for hydroxylation is 1. The van der Waals surface area contributed by atoms with Crippen LogP contribution in [0.1, 0.15) is 11.1 Å². The summed E-state index contributed by atoms with van der Waals surface area (Å²) in [5, 5.41) is 18.4. The lowest BCUT2D eigenvalue weighted by Crippen LogP contribution is -2.14. The third-order valence-electron chi connectivity index (χ3n) is 2.81. The van der Waals surface area contributed by atoms with Crippen molar-refractivity contribution in [3.05, 3.63) is 53.3 Å². The molecule has 2 N–H and O–H groups in total. The van der Waals surface area contributed by atoms with Gasteiger partial charge in [0.05, 0.1) is 22.2 Å². The standard InChI is InChI=1S/C14H11FN2O3S/c1-9-2-3-10(8-16)6-14(9)21(19,20)17-12-5-4-11(15)7-13(12)18/h2-7,17-18H,1H3. The van der Waals surface area contributed by atoms with E-state index in [0.717, 1.165) is 18.2 Å². The third kappa shape index (κ3) is 3.12. The maximum Gasteiger partial charge on any atom is 0.262 e. The number of nitrogens with zero attached hydrogens (tertiary/aromatic N) is 1. The Labute approximate surface area is 121 Å². The van der Waals surface area contributed by atoms with E-state index in [4.69, 9.17) is 5.26 Å². The molecule has 0 fully saturated rings. The number of halogens is 1. The van der Waals surface area contributed by atoms with Crippen LogP contribution in [0.25, 0.3) is 0 Å². The van der Waals surface area contributed by atoms with Crippen molar-refractivity contribution in [2.45, 2.75) is 11.8 Å². The van der Waals surface area contributed by atoms with Gasteiger partial charge in [0.2, 0.25) is 0 Å². The van der Waals surface area contributed by atoms with Gasteiger partial charge in [-0.3, -0.25) is 4.72 Å². The molecule has 0 spiro atoms. The van der Waals surface area contributed by atoms with Crippen molar-refractivity contribution in [2.24, 2.45) is 0 Å². The SMILES string of the molecule is Cc1ccc(C#N)cc1S(=O)(=O)Nc1ccc(F)cc1O. The molecule has 0 aliphatic rings. The van der Waals surface area contributed by atoms with E-state index >= 15 is 0 Å². The number of anilines is 1. The molecule has 0 aliphatic carbocycles. The van der Waals surface area contributed by atoms with Gasteiger partial charge in [-0.25, -0.2) is 12.8 Å². The zero-order valence-electron chi connectivity index (χ0n) is 11.0. The fourth-order valence-corrected chi connectivity index (χ4v) is 3.10. The molecular weight excluding hydrogens is 295 g/mol. The summed E-state index contributed by atoms with van der Waals surface area (Å²) in [4.78, 5) is -0.0784. The van der Waals surface area contributed by atoms with Crippen LogP contribution in [0.4, 0.5) is 10.1 Å². The Morgan fingerprint density at radius 1 is 1.24 bits per heavy atom. The maximum absolute atomic E-state index is 12.9. The van der Waals surface area contributed by atoms with Gasteiger partial charge in [-0.15, -0.1) is 0 Å². The van der Waals surface area contributed by atoms with Crippen molar-refractivity contribution >= 4 is 15.7 Å². The Morgan fingerprint density at radius 2 is 1.95 bits per heavy atom. The third-order valence-corrected chi connectivity index (χ3v) is 4.32. The minimum absolute atomic E-state index is 0.0784. The highest BCUT2D eigenvalue weighted by Gasteiger charge is 2.19. The van der Waals surface area contributed by atoms with Crippen molar-refractivity contribution in [2.75, 3.05) is 4.72 Å². The average molecular weight is 306 g/mol. The molecule has 0 amide bonds. The van der Waals surface area contributed by atoms with Crippen LogP contribution in [0.3, 0.4) is 0 Å². The van der Waals surface area contributed by atoms with Crippen molar-refractivity contribution in [3.8, 4) is 11.8 Å². The lowest BCUT2D eigenvalue weighted by molar-refractivity contribution is 0.471. The first-order chi connectivity index (χ1) is 9.83. The molecule has 0 saturated carbocycles. The largest absolute Gasteiger partial charge is 0.506 e. The minimum Gasteiger partial charge on any atom is -0.506 e. The van der Waals surface area contributed by atoms with Gasteiger partial charge in [-0.2, -0.15) is 5.26 Å². The van der Waals surface area contributed by atoms with Gasteiger partial charge in [-0.05, 0) is 36.8 Å². The first kappa shape index (κ1) is 14.8. The number of phenols is 1. The summed E-state index contributed by atoms with van der Waals surface area (Å²) < 4.78 is 39.7. The van der Waals surface area contributed by atoms with Gasteiger partial charge in [0.1, 0.15) is 11.6 Å². The Balaban J connectivity index is 2.46. The van der Waals surface area contributed by atoms with Gasteiger partial charge >= 0.3 is 0 Å². The fourth-order valence-electron chi connectivity index (χ4n) is 1.75. The minimum atomic E-state index is -4.00. The summed E-state index contributed by atoms with van der Waals surface area (Å²) in [7, 11) is -4.00. The summed E-state index contributed by atoms with van der Waals surface area (Å²) in [6.07, 6.45) is 0. The van der Waals surface area contributed by atoms with E-state index in [-0.39, 0.29) is 16.1 Å². The van der Waals surface area contributed by atoms with Gasteiger partial charge in [0, 0.05) is 6.07 Å².